The van der Waals surface area contributed by atoms with E-state index in [-0.39, 0.29) is 28.3 Å². The predicted molar refractivity (Wildman–Crippen MR) is 92.3 cm³/mol. The van der Waals surface area contributed by atoms with E-state index in [1.807, 2.05) is 0 Å². The smallest absolute Gasteiger partial charge is 0.307 e. The molecule has 0 saturated carbocycles. The zero-order valence-corrected chi connectivity index (χ0v) is 14.3. The van der Waals surface area contributed by atoms with Crippen LogP contribution in [0, 0.1) is 0 Å². The summed E-state index contributed by atoms with van der Waals surface area (Å²) in [5, 5.41) is 8.92. The molecule has 25 heavy (non-hydrogen) atoms. The molecule has 5 nitrogen and oxygen atoms in total. The molecule has 1 aromatic rings. The molecule has 1 aromatic carbocycles. The summed E-state index contributed by atoms with van der Waals surface area (Å²) in [6, 6.07) is 8.58. The highest BCUT2D eigenvalue weighted by Crippen LogP contribution is 2.39. The van der Waals surface area contributed by atoms with Gasteiger partial charge in [0.15, 0.2) is 14.9 Å². The fourth-order valence-electron chi connectivity index (χ4n) is 3.01. The van der Waals surface area contributed by atoms with E-state index < -0.39 is 28.1 Å². The Morgan fingerprint density at radius 3 is 2.60 bits per heavy atom. The van der Waals surface area contributed by atoms with E-state index >= 15 is 0 Å². The van der Waals surface area contributed by atoms with Crippen molar-refractivity contribution < 1.29 is 22.7 Å². The molecule has 0 spiro atoms. The maximum atomic E-state index is 13.9. The molecule has 7 heteroatoms. The first-order valence-electron chi connectivity index (χ1n) is 7.66. The van der Waals surface area contributed by atoms with Crippen LogP contribution in [0.5, 0.6) is 0 Å². The van der Waals surface area contributed by atoms with Crippen LogP contribution in [-0.2, 0) is 20.4 Å². The number of carbonyl (C=O) groups is 1. The van der Waals surface area contributed by atoms with Crippen LogP contribution in [0.3, 0.4) is 0 Å². The second kappa shape index (κ2) is 6.40. The van der Waals surface area contributed by atoms with Crippen LogP contribution in [0.4, 0.5) is 4.39 Å². The first-order chi connectivity index (χ1) is 11.8. The van der Waals surface area contributed by atoms with Crippen molar-refractivity contribution in [1.82, 2.24) is 0 Å². The third-order valence-corrected chi connectivity index (χ3v) is 5.76. The molecule has 0 atom stereocenters. The molecule has 1 heterocycles. The Morgan fingerprint density at radius 2 is 1.96 bits per heavy atom. The minimum atomic E-state index is -3.86. The van der Waals surface area contributed by atoms with Gasteiger partial charge in [0, 0.05) is 17.6 Å². The molecule has 0 amide bonds. The lowest BCUT2D eigenvalue weighted by molar-refractivity contribution is -0.136. The van der Waals surface area contributed by atoms with Gasteiger partial charge in [-0.15, -0.1) is 0 Å². The van der Waals surface area contributed by atoms with Gasteiger partial charge in [-0.25, -0.2) is 17.8 Å². The number of aliphatic imine (C=N–C) groups is 1. The molecule has 3 rings (SSSR count). The summed E-state index contributed by atoms with van der Waals surface area (Å²) in [5.74, 6) is -1.95. The average Bonchev–Trinajstić information content (AvgIpc) is 2.91. The van der Waals surface area contributed by atoms with E-state index in [1.165, 1.54) is 13.0 Å². The highest BCUT2D eigenvalue weighted by Gasteiger charge is 2.35. The Labute approximate surface area is 144 Å². The number of fused-ring (bicyclic) bond motifs is 1. The predicted octanol–water partition coefficient (Wildman–Crippen LogP) is 3.32. The number of allylic oxidation sites excluding steroid dienone is 4. The van der Waals surface area contributed by atoms with E-state index in [2.05, 4.69) is 4.99 Å². The van der Waals surface area contributed by atoms with Crippen LogP contribution in [0.15, 0.2) is 69.0 Å². The average molecular weight is 361 g/mol. The number of halogens is 1. The monoisotopic (exact) mass is 361 g/mol. The highest BCUT2D eigenvalue weighted by atomic mass is 32.2. The molecule has 1 N–H and O–H groups in total. The number of sulfone groups is 1. The number of nitrogens with zero attached hydrogens (tertiary/aromatic N) is 1. The van der Waals surface area contributed by atoms with Gasteiger partial charge in [-0.3, -0.25) is 4.79 Å². The largest absolute Gasteiger partial charge is 0.481 e. The van der Waals surface area contributed by atoms with Crippen LogP contribution >= 0.6 is 0 Å². The van der Waals surface area contributed by atoms with Crippen LogP contribution in [-0.4, -0.2) is 25.2 Å². The number of hydrogen-bond donors (Lipinski definition) is 1. The molecule has 0 bridgehead atoms. The van der Waals surface area contributed by atoms with E-state index in [9.17, 15) is 22.7 Å². The molecule has 0 saturated heterocycles. The third kappa shape index (κ3) is 3.32. The Kier molecular flexibility index (Phi) is 4.43. The number of hydrogen-bond acceptors (Lipinski definition) is 4. The van der Waals surface area contributed by atoms with Crippen molar-refractivity contribution in [2.75, 3.05) is 0 Å². The second-order valence-electron chi connectivity index (χ2n) is 5.91. The Bertz CT molecular complexity index is 970. The Hall–Kier alpha value is -2.54. The van der Waals surface area contributed by atoms with Crippen LogP contribution in [0.2, 0.25) is 0 Å². The van der Waals surface area contributed by atoms with E-state index in [4.69, 9.17) is 0 Å². The summed E-state index contributed by atoms with van der Waals surface area (Å²) in [4.78, 5) is 15.4. The van der Waals surface area contributed by atoms with Crippen molar-refractivity contribution in [3.63, 3.8) is 0 Å². The number of rotatable bonds is 5. The van der Waals surface area contributed by atoms with Gasteiger partial charge in [-0.05, 0) is 24.1 Å². The Morgan fingerprint density at radius 1 is 1.28 bits per heavy atom. The SMILES string of the molecule is CC1=C2C(=NC(S(=O)(=O)Cc3ccccc3)=C2CC(=O)O)CC=C1F. The van der Waals surface area contributed by atoms with E-state index in [1.54, 1.807) is 30.3 Å². The number of carboxylic acids is 1. The Balaban J connectivity index is 2.11. The van der Waals surface area contributed by atoms with Crippen molar-refractivity contribution in [3.05, 3.63) is 69.5 Å². The normalized spacial score (nSPS) is 17.4. The summed E-state index contributed by atoms with van der Waals surface area (Å²) in [6.07, 6.45) is 0.950. The van der Waals surface area contributed by atoms with Crippen molar-refractivity contribution in [3.8, 4) is 0 Å². The lowest BCUT2D eigenvalue weighted by atomic mass is 9.90. The van der Waals surface area contributed by atoms with Gasteiger partial charge in [-0.2, -0.15) is 0 Å². The zero-order chi connectivity index (χ0) is 18.2. The van der Waals surface area contributed by atoms with Gasteiger partial charge < -0.3 is 5.11 Å². The number of carboxylic acid groups (broad SMARTS) is 1. The maximum Gasteiger partial charge on any atom is 0.307 e. The summed E-state index contributed by atoms with van der Waals surface area (Å²) >= 11 is 0. The summed E-state index contributed by atoms with van der Waals surface area (Å²) in [5.41, 5.74) is 1.59. The van der Waals surface area contributed by atoms with Crippen molar-refractivity contribution in [2.45, 2.75) is 25.5 Å². The zero-order valence-electron chi connectivity index (χ0n) is 13.5. The number of aliphatic carboxylic acids is 1. The molecule has 0 fully saturated rings. The topological polar surface area (TPSA) is 83.8 Å². The molecular formula is C18H16FNO4S. The first kappa shape index (κ1) is 17.3. The summed E-state index contributed by atoms with van der Waals surface area (Å²) in [7, 11) is -3.86. The fourth-order valence-corrected chi connectivity index (χ4v) is 4.58. The quantitative estimate of drug-likeness (QED) is 0.872. The van der Waals surface area contributed by atoms with Crippen LogP contribution in [0.25, 0.3) is 0 Å². The standard InChI is InChI=1S/C18H16FNO4S/c1-11-14(19)7-8-15-17(11)13(9-16(21)22)18(20-15)25(23,24)10-12-5-3-2-4-6-12/h2-7H,8-10H2,1H3,(H,21,22). The lowest BCUT2D eigenvalue weighted by Gasteiger charge is -2.14. The summed E-state index contributed by atoms with van der Waals surface area (Å²) < 4.78 is 39.6. The highest BCUT2D eigenvalue weighted by molar-refractivity contribution is 7.94. The minimum absolute atomic E-state index is 0.0687. The van der Waals surface area contributed by atoms with Gasteiger partial charge in [0.1, 0.15) is 5.83 Å². The van der Waals surface area contributed by atoms with Gasteiger partial charge >= 0.3 is 5.97 Å². The van der Waals surface area contributed by atoms with E-state index in [0.29, 0.717) is 16.8 Å². The van der Waals surface area contributed by atoms with Gasteiger partial charge in [0.25, 0.3) is 0 Å². The molecule has 130 valence electrons. The van der Waals surface area contributed by atoms with Crippen molar-refractivity contribution in [1.29, 1.82) is 0 Å². The van der Waals surface area contributed by atoms with Crippen LogP contribution < -0.4 is 0 Å². The van der Waals surface area contributed by atoms with Gasteiger partial charge in [0.05, 0.1) is 17.9 Å². The molecule has 2 aliphatic rings. The van der Waals surface area contributed by atoms with E-state index in [0.717, 1.165) is 0 Å². The molecule has 0 unspecified atom stereocenters. The molecule has 1 aliphatic heterocycles. The van der Waals surface area contributed by atoms with Crippen molar-refractivity contribution >= 4 is 21.5 Å². The first-order valence-corrected chi connectivity index (χ1v) is 9.31. The molecule has 1 aliphatic carbocycles. The van der Waals surface area contributed by atoms with Gasteiger partial charge in [-0.1, -0.05) is 30.3 Å². The molecule has 0 aromatic heterocycles. The van der Waals surface area contributed by atoms with Crippen LogP contribution in [0.1, 0.15) is 25.3 Å². The van der Waals surface area contributed by atoms with Crippen molar-refractivity contribution in [2.24, 2.45) is 4.99 Å². The maximum absolute atomic E-state index is 13.9. The fraction of sp³-hybridized carbons (Fsp3) is 0.222. The molecule has 0 radical (unpaired) electrons. The lowest BCUT2D eigenvalue weighted by Crippen LogP contribution is -2.11. The minimum Gasteiger partial charge on any atom is -0.481 e. The summed E-state index contributed by atoms with van der Waals surface area (Å²) in [6.45, 7) is 1.50. The number of benzene rings is 1. The van der Waals surface area contributed by atoms with Gasteiger partial charge in [0.2, 0.25) is 0 Å². The third-order valence-electron chi connectivity index (χ3n) is 4.11. The second-order valence-corrected chi connectivity index (χ2v) is 7.82. The molecular weight excluding hydrogens is 345 g/mol.